The van der Waals surface area contributed by atoms with E-state index in [1.165, 1.54) is 4.90 Å². The molecule has 6 heteroatoms. The number of carbonyl (C=O) groups is 2. The van der Waals surface area contributed by atoms with Gasteiger partial charge in [0.1, 0.15) is 17.3 Å². The first-order valence-corrected chi connectivity index (χ1v) is 11.8. The van der Waals surface area contributed by atoms with Crippen LogP contribution in [0, 0.1) is 6.92 Å². The van der Waals surface area contributed by atoms with Crippen molar-refractivity contribution < 1.29 is 24.2 Å². The molecule has 3 aromatic rings. The van der Waals surface area contributed by atoms with E-state index >= 15 is 0 Å². The van der Waals surface area contributed by atoms with Crippen LogP contribution < -0.4 is 14.4 Å². The van der Waals surface area contributed by atoms with Crippen molar-refractivity contribution in [2.45, 2.75) is 39.2 Å². The Balaban J connectivity index is 1.91. The molecule has 1 aliphatic heterocycles. The van der Waals surface area contributed by atoms with Crippen molar-refractivity contribution in [2.75, 3.05) is 19.1 Å². The number of aliphatic hydroxyl groups excluding tert-OH is 1. The second-order valence-electron chi connectivity index (χ2n) is 9.92. The molecule has 1 fully saturated rings. The lowest BCUT2D eigenvalue weighted by Crippen LogP contribution is -2.29. The van der Waals surface area contributed by atoms with Crippen LogP contribution in [0.25, 0.3) is 5.76 Å². The van der Waals surface area contributed by atoms with Crippen molar-refractivity contribution in [3.63, 3.8) is 0 Å². The highest BCUT2D eigenvalue weighted by molar-refractivity contribution is 6.51. The van der Waals surface area contributed by atoms with Gasteiger partial charge in [0.2, 0.25) is 0 Å². The number of nitrogens with zero attached hydrogens (tertiary/aromatic N) is 1. The maximum atomic E-state index is 13.4. The summed E-state index contributed by atoms with van der Waals surface area (Å²) < 4.78 is 10.6. The van der Waals surface area contributed by atoms with E-state index in [9.17, 15) is 14.7 Å². The van der Waals surface area contributed by atoms with Gasteiger partial charge in [0.15, 0.2) is 0 Å². The van der Waals surface area contributed by atoms with Crippen LogP contribution in [0.15, 0.2) is 72.3 Å². The Morgan fingerprint density at radius 3 is 2.06 bits per heavy atom. The molecule has 0 radical (unpaired) electrons. The van der Waals surface area contributed by atoms with Gasteiger partial charge in [-0.25, -0.2) is 0 Å². The number of amides is 1. The molecule has 0 saturated carbocycles. The van der Waals surface area contributed by atoms with Crippen LogP contribution in [-0.4, -0.2) is 31.0 Å². The molecule has 1 amide bonds. The topological polar surface area (TPSA) is 76.1 Å². The minimum atomic E-state index is -0.796. The Bertz CT molecular complexity index is 1330. The fourth-order valence-electron chi connectivity index (χ4n) is 4.50. The second kappa shape index (κ2) is 9.53. The van der Waals surface area contributed by atoms with Crippen molar-refractivity contribution in [3.8, 4) is 11.5 Å². The summed E-state index contributed by atoms with van der Waals surface area (Å²) in [6.45, 7) is 8.22. The molecule has 0 aliphatic carbocycles. The van der Waals surface area contributed by atoms with Crippen molar-refractivity contribution >= 4 is 23.1 Å². The molecule has 1 saturated heterocycles. The number of rotatable bonds is 5. The number of methoxy groups -OCH3 is 2. The molecule has 6 nitrogen and oxygen atoms in total. The number of hydrogen-bond acceptors (Lipinski definition) is 5. The molecule has 36 heavy (non-hydrogen) atoms. The first-order chi connectivity index (χ1) is 17.1. The molecule has 1 aliphatic rings. The minimum absolute atomic E-state index is 0.0453. The third-order valence-corrected chi connectivity index (χ3v) is 6.56. The molecule has 0 aromatic heterocycles. The standard InChI is InChI=1S/C30H31NO5/c1-18-17-20(9-16-24(18)36-6)27(32)25-26(19-7-10-21(11-8-19)30(2,3)4)31(29(34)28(25)33)22-12-14-23(35-5)15-13-22/h7-17,26,32H,1-6H3/b27-25-. The Morgan fingerprint density at radius 2 is 1.53 bits per heavy atom. The van der Waals surface area contributed by atoms with Gasteiger partial charge in [-0.1, -0.05) is 45.0 Å². The van der Waals surface area contributed by atoms with Crippen molar-refractivity contribution in [3.05, 3.63) is 94.6 Å². The quantitative estimate of drug-likeness (QED) is 0.275. The van der Waals surface area contributed by atoms with Gasteiger partial charge in [-0.05, 0) is 71.5 Å². The number of ketones is 1. The number of anilines is 1. The molecule has 1 atom stereocenters. The molecule has 3 aromatic carbocycles. The molecule has 1 heterocycles. The lowest BCUT2D eigenvalue weighted by molar-refractivity contribution is -0.132. The van der Waals surface area contributed by atoms with Crippen LogP contribution in [0.4, 0.5) is 5.69 Å². The molecule has 0 bridgehead atoms. The minimum Gasteiger partial charge on any atom is -0.507 e. The van der Waals surface area contributed by atoms with E-state index in [0.29, 0.717) is 22.7 Å². The molecule has 186 valence electrons. The van der Waals surface area contributed by atoms with Crippen molar-refractivity contribution in [1.82, 2.24) is 0 Å². The summed E-state index contributed by atoms with van der Waals surface area (Å²) in [6, 6.07) is 19.1. The van der Waals surface area contributed by atoms with Crippen LogP contribution >= 0.6 is 0 Å². The van der Waals surface area contributed by atoms with Crippen molar-refractivity contribution in [2.24, 2.45) is 0 Å². The Morgan fingerprint density at radius 1 is 0.889 bits per heavy atom. The van der Waals surface area contributed by atoms with Gasteiger partial charge in [-0.3, -0.25) is 14.5 Å². The van der Waals surface area contributed by atoms with Crippen molar-refractivity contribution in [1.29, 1.82) is 0 Å². The normalized spacial score (nSPS) is 17.4. The number of hydrogen-bond donors (Lipinski definition) is 1. The average Bonchev–Trinajstić information content (AvgIpc) is 3.13. The third kappa shape index (κ3) is 4.47. The number of carbonyl (C=O) groups excluding carboxylic acids is 2. The maximum absolute atomic E-state index is 13.4. The number of benzene rings is 3. The summed E-state index contributed by atoms with van der Waals surface area (Å²) in [6.07, 6.45) is 0. The summed E-state index contributed by atoms with van der Waals surface area (Å²) in [5.41, 5.74) is 3.62. The lowest BCUT2D eigenvalue weighted by atomic mass is 9.85. The fourth-order valence-corrected chi connectivity index (χ4v) is 4.50. The van der Waals surface area contributed by atoms with E-state index < -0.39 is 17.7 Å². The second-order valence-corrected chi connectivity index (χ2v) is 9.92. The molecule has 1 unspecified atom stereocenters. The predicted molar refractivity (Wildman–Crippen MR) is 141 cm³/mol. The highest BCUT2D eigenvalue weighted by Gasteiger charge is 2.47. The van der Waals surface area contributed by atoms with Gasteiger partial charge in [0.05, 0.1) is 25.8 Å². The van der Waals surface area contributed by atoms with Gasteiger partial charge in [-0.2, -0.15) is 0 Å². The maximum Gasteiger partial charge on any atom is 0.300 e. The summed E-state index contributed by atoms with van der Waals surface area (Å²) in [5, 5.41) is 11.4. The average molecular weight is 486 g/mol. The summed E-state index contributed by atoms with van der Waals surface area (Å²) in [5.74, 6) is -0.353. The first kappa shape index (κ1) is 25.0. The zero-order valence-corrected chi connectivity index (χ0v) is 21.5. The van der Waals surface area contributed by atoms with Crippen LogP contribution in [0.1, 0.15) is 49.1 Å². The van der Waals surface area contributed by atoms with Gasteiger partial charge in [0, 0.05) is 11.3 Å². The molecule has 0 spiro atoms. The van der Waals surface area contributed by atoms with E-state index in [2.05, 4.69) is 20.8 Å². The van der Waals surface area contributed by atoms with Gasteiger partial charge < -0.3 is 14.6 Å². The van der Waals surface area contributed by atoms with E-state index in [1.54, 1.807) is 56.7 Å². The predicted octanol–water partition coefficient (Wildman–Crippen LogP) is 5.94. The van der Waals surface area contributed by atoms with E-state index in [0.717, 1.165) is 16.7 Å². The van der Waals surface area contributed by atoms with Crippen LogP contribution in [0.2, 0.25) is 0 Å². The zero-order valence-electron chi connectivity index (χ0n) is 21.5. The van der Waals surface area contributed by atoms with E-state index in [-0.39, 0.29) is 16.7 Å². The van der Waals surface area contributed by atoms with Crippen LogP contribution in [0.3, 0.4) is 0 Å². The van der Waals surface area contributed by atoms with Gasteiger partial charge in [-0.15, -0.1) is 0 Å². The molecular weight excluding hydrogens is 454 g/mol. The SMILES string of the molecule is COc1ccc(N2C(=O)C(=O)/C(=C(\O)c3ccc(OC)c(C)c3)C2c2ccc(C(C)(C)C)cc2)cc1. The fraction of sp³-hybridized carbons (Fsp3) is 0.267. The largest absolute Gasteiger partial charge is 0.507 e. The Labute approximate surface area is 211 Å². The molecule has 1 N–H and O–H groups in total. The van der Waals surface area contributed by atoms with Crippen LogP contribution in [-0.2, 0) is 15.0 Å². The monoisotopic (exact) mass is 485 g/mol. The number of ether oxygens (including phenoxy) is 2. The summed E-state index contributed by atoms with van der Waals surface area (Å²) >= 11 is 0. The highest BCUT2D eigenvalue weighted by atomic mass is 16.5. The smallest absolute Gasteiger partial charge is 0.300 e. The molecular formula is C30H31NO5. The Kier molecular flexibility index (Phi) is 6.63. The van der Waals surface area contributed by atoms with E-state index in [4.69, 9.17) is 9.47 Å². The van der Waals surface area contributed by atoms with Gasteiger partial charge >= 0.3 is 0 Å². The number of aryl methyl sites for hydroxylation is 1. The highest BCUT2D eigenvalue weighted by Crippen LogP contribution is 2.43. The summed E-state index contributed by atoms with van der Waals surface area (Å²) in [7, 11) is 3.14. The van der Waals surface area contributed by atoms with Gasteiger partial charge in [0.25, 0.3) is 11.7 Å². The zero-order chi connectivity index (χ0) is 26.2. The number of Topliss-reactive ketones (excluding diaryl/α,β-unsaturated/α-hetero) is 1. The lowest BCUT2D eigenvalue weighted by Gasteiger charge is -2.26. The third-order valence-electron chi connectivity index (χ3n) is 6.56. The Hall–Kier alpha value is -4.06. The van der Waals surface area contributed by atoms with Crippen LogP contribution in [0.5, 0.6) is 11.5 Å². The van der Waals surface area contributed by atoms with E-state index in [1.807, 2.05) is 31.2 Å². The molecule has 4 rings (SSSR count). The number of aliphatic hydroxyl groups is 1. The summed E-state index contributed by atoms with van der Waals surface area (Å²) in [4.78, 5) is 28.2. The first-order valence-electron chi connectivity index (χ1n) is 11.8.